The maximum atomic E-state index is 5.32. The van der Waals surface area contributed by atoms with Gasteiger partial charge in [-0.15, -0.1) is 0 Å². The van der Waals surface area contributed by atoms with Gasteiger partial charge in [0.05, 0.1) is 6.61 Å². The maximum Gasteiger partial charge on any atom is 0.0618 e. The monoisotopic (exact) mass is 241 g/mol. The van der Waals surface area contributed by atoms with Gasteiger partial charge in [-0.3, -0.25) is 0 Å². The molecular weight excluding hydrogens is 210 g/mol. The first-order chi connectivity index (χ1) is 7.85. The van der Waals surface area contributed by atoms with Crippen molar-refractivity contribution in [1.29, 1.82) is 0 Å². The van der Waals surface area contributed by atoms with Crippen molar-refractivity contribution in [3.05, 3.63) is 0 Å². The van der Waals surface area contributed by atoms with E-state index < -0.39 is 0 Å². The highest BCUT2D eigenvalue weighted by Gasteiger charge is 2.33. The fourth-order valence-corrected chi connectivity index (χ4v) is 3.08. The van der Waals surface area contributed by atoms with Gasteiger partial charge >= 0.3 is 0 Å². The SMILES string of the molecule is COCC(NC1CCC(C)(C)CC1C)C(C)C. The first-order valence-corrected chi connectivity index (χ1v) is 7.10. The van der Waals surface area contributed by atoms with Crippen LogP contribution in [-0.2, 0) is 4.74 Å². The van der Waals surface area contributed by atoms with Gasteiger partial charge in [0.1, 0.15) is 0 Å². The Bertz CT molecular complexity index is 225. The van der Waals surface area contributed by atoms with E-state index >= 15 is 0 Å². The van der Waals surface area contributed by atoms with E-state index in [9.17, 15) is 0 Å². The van der Waals surface area contributed by atoms with Crippen LogP contribution in [0.4, 0.5) is 0 Å². The molecule has 0 heterocycles. The zero-order valence-electron chi connectivity index (χ0n) is 12.5. The molecule has 1 N–H and O–H groups in total. The summed E-state index contributed by atoms with van der Waals surface area (Å²) in [5.74, 6) is 1.41. The molecule has 2 heteroatoms. The van der Waals surface area contributed by atoms with E-state index in [1.807, 2.05) is 0 Å². The van der Waals surface area contributed by atoms with Crippen molar-refractivity contribution in [3.63, 3.8) is 0 Å². The van der Waals surface area contributed by atoms with E-state index in [1.54, 1.807) is 7.11 Å². The third-order valence-electron chi connectivity index (χ3n) is 4.27. The summed E-state index contributed by atoms with van der Waals surface area (Å²) in [4.78, 5) is 0. The number of methoxy groups -OCH3 is 1. The Balaban J connectivity index is 2.50. The average molecular weight is 241 g/mol. The van der Waals surface area contributed by atoms with E-state index in [2.05, 4.69) is 39.9 Å². The third-order valence-corrected chi connectivity index (χ3v) is 4.27. The smallest absolute Gasteiger partial charge is 0.0618 e. The van der Waals surface area contributed by atoms with Crippen LogP contribution in [0.5, 0.6) is 0 Å². The molecule has 0 aromatic rings. The third kappa shape index (κ3) is 4.59. The van der Waals surface area contributed by atoms with Crippen LogP contribution in [0, 0.1) is 17.3 Å². The standard InChI is InChI=1S/C15H31NO/c1-11(2)14(10-17-6)16-13-7-8-15(4,5)9-12(13)3/h11-14,16H,7-10H2,1-6H3. The van der Waals surface area contributed by atoms with Crippen molar-refractivity contribution in [2.75, 3.05) is 13.7 Å². The number of hydrogen-bond acceptors (Lipinski definition) is 2. The van der Waals surface area contributed by atoms with E-state index in [0.717, 1.165) is 12.5 Å². The Kier molecular flexibility index (Phi) is 5.46. The second-order valence-corrected chi connectivity index (χ2v) is 6.96. The number of nitrogens with one attached hydrogen (secondary N) is 1. The summed E-state index contributed by atoms with van der Waals surface area (Å²) in [7, 11) is 1.80. The van der Waals surface area contributed by atoms with Gasteiger partial charge in [0.25, 0.3) is 0 Å². The highest BCUT2D eigenvalue weighted by Crippen LogP contribution is 2.38. The van der Waals surface area contributed by atoms with Crippen LogP contribution >= 0.6 is 0 Å². The molecule has 1 saturated carbocycles. The summed E-state index contributed by atoms with van der Waals surface area (Å²) in [5.41, 5.74) is 0.534. The molecule has 0 aromatic heterocycles. The van der Waals surface area contributed by atoms with E-state index in [-0.39, 0.29) is 0 Å². The fourth-order valence-electron chi connectivity index (χ4n) is 3.08. The van der Waals surface area contributed by atoms with Gasteiger partial charge in [-0.25, -0.2) is 0 Å². The normalized spacial score (nSPS) is 30.5. The summed E-state index contributed by atoms with van der Waals surface area (Å²) in [5, 5.41) is 3.82. The molecule has 0 saturated heterocycles. The Labute approximate surface area is 108 Å². The molecular formula is C15H31NO. The van der Waals surface area contributed by atoms with Crippen molar-refractivity contribution in [3.8, 4) is 0 Å². The minimum absolute atomic E-state index is 0.494. The lowest BCUT2D eigenvalue weighted by molar-refractivity contribution is 0.101. The molecule has 2 nitrogen and oxygen atoms in total. The molecule has 0 radical (unpaired) electrons. The van der Waals surface area contributed by atoms with Gasteiger partial charge in [0.2, 0.25) is 0 Å². The first-order valence-electron chi connectivity index (χ1n) is 7.10. The van der Waals surface area contributed by atoms with Gasteiger partial charge in [-0.1, -0.05) is 34.6 Å². The average Bonchev–Trinajstić information content (AvgIpc) is 2.19. The molecule has 3 atom stereocenters. The van der Waals surface area contributed by atoms with E-state index in [0.29, 0.717) is 23.4 Å². The minimum atomic E-state index is 0.494. The van der Waals surface area contributed by atoms with Crippen molar-refractivity contribution < 1.29 is 4.74 Å². The van der Waals surface area contributed by atoms with Crippen LogP contribution in [0.3, 0.4) is 0 Å². The zero-order valence-corrected chi connectivity index (χ0v) is 12.5. The number of ether oxygens (including phenoxy) is 1. The molecule has 0 amide bonds. The molecule has 17 heavy (non-hydrogen) atoms. The Morgan fingerprint density at radius 1 is 1.35 bits per heavy atom. The molecule has 1 aliphatic carbocycles. The summed E-state index contributed by atoms with van der Waals surface area (Å²) < 4.78 is 5.32. The van der Waals surface area contributed by atoms with Gasteiger partial charge < -0.3 is 10.1 Å². The summed E-state index contributed by atoms with van der Waals surface area (Å²) in [6.07, 6.45) is 3.98. The van der Waals surface area contributed by atoms with Gasteiger partial charge in [0, 0.05) is 19.2 Å². The molecule has 102 valence electrons. The van der Waals surface area contributed by atoms with Crippen LogP contribution < -0.4 is 5.32 Å². The second-order valence-electron chi connectivity index (χ2n) is 6.96. The summed E-state index contributed by atoms with van der Waals surface area (Å²) >= 11 is 0. The minimum Gasteiger partial charge on any atom is -0.383 e. The van der Waals surface area contributed by atoms with Crippen LogP contribution in [0.15, 0.2) is 0 Å². The number of rotatable bonds is 5. The quantitative estimate of drug-likeness (QED) is 0.796. The topological polar surface area (TPSA) is 21.3 Å². The second kappa shape index (κ2) is 6.19. The fraction of sp³-hybridized carbons (Fsp3) is 1.00. The predicted molar refractivity (Wildman–Crippen MR) is 74.2 cm³/mol. The largest absolute Gasteiger partial charge is 0.383 e. The number of hydrogen-bond donors (Lipinski definition) is 1. The first kappa shape index (κ1) is 15.0. The van der Waals surface area contributed by atoms with Crippen molar-refractivity contribution >= 4 is 0 Å². The van der Waals surface area contributed by atoms with Crippen molar-refractivity contribution in [1.82, 2.24) is 5.32 Å². The summed E-state index contributed by atoms with van der Waals surface area (Å²) in [6.45, 7) is 12.6. The lowest BCUT2D eigenvalue weighted by Crippen LogP contribution is -2.49. The van der Waals surface area contributed by atoms with Crippen LogP contribution in [-0.4, -0.2) is 25.8 Å². The van der Waals surface area contributed by atoms with Crippen molar-refractivity contribution in [2.45, 2.75) is 66.0 Å². The van der Waals surface area contributed by atoms with Crippen LogP contribution in [0.1, 0.15) is 53.9 Å². The molecule has 0 aromatic carbocycles. The lowest BCUT2D eigenvalue weighted by atomic mass is 9.70. The van der Waals surface area contributed by atoms with Gasteiger partial charge in [-0.05, 0) is 36.5 Å². The molecule has 1 aliphatic rings. The van der Waals surface area contributed by atoms with Crippen LogP contribution in [0.2, 0.25) is 0 Å². The maximum absolute atomic E-state index is 5.32. The molecule has 0 bridgehead atoms. The molecule has 3 unspecified atom stereocenters. The molecule has 1 fully saturated rings. The van der Waals surface area contributed by atoms with E-state index in [4.69, 9.17) is 4.74 Å². The lowest BCUT2D eigenvalue weighted by Gasteiger charge is -2.41. The highest BCUT2D eigenvalue weighted by molar-refractivity contribution is 4.89. The summed E-state index contributed by atoms with van der Waals surface area (Å²) in [6, 6.07) is 1.17. The Hall–Kier alpha value is -0.0800. The van der Waals surface area contributed by atoms with Crippen molar-refractivity contribution in [2.24, 2.45) is 17.3 Å². The molecule has 0 aliphatic heterocycles. The zero-order chi connectivity index (χ0) is 13.1. The van der Waals surface area contributed by atoms with Gasteiger partial charge in [0.15, 0.2) is 0 Å². The highest BCUT2D eigenvalue weighted by atomic mass is 16.5. The molecule has 1 rings (SSSR count). The van der Waals surface area contributed by atoms with Gasteiger partial charge in [-0.2, -0.15) is 0 Å². The Morgan fingerprint density at radius 3 is 2.47 bits per heavy atom. The Morgan fingerprint density at radius 2 is 2.00 bits per heavy atom. The molecule has 0 spiro atoms. The van der Waals surface area contributed by atoms with E-state index in [1.165, 1.54) is 19.3 Å². The van der Waals surface area contributed by atoms with Crippen LogP contribution in [0.25, 0.3) is 0 Å². The predicted octanol–water partition coefficient (Wildman–Crippen LogP) is 3.46.